The predicted octanol–water partition coefficient (Wildman–Crippen LogP) is 0.554. The largest absolute Gasteiger partial charge is 0.397 e. The molecule has 1 aromatic carbocycles. The number of fused-ring (bicyclic) bond motifs is 1. The van der Waals surface area contributed by atoms with E-state index in [1.807, 2.05) is 0 Å². The van der Waals surface area contributed by atoms with Gasteiger partial charge in [-0.15, -0.1) is 0 Å². The zero-order valence-corrected chi connectivity index (χ0v) is 14.3. The van der Waals surface area contributed by atoms with Crippen LogP contribution in [-0.4, -0.2) is 40.1 Å². The average molecular weight is 401 g/mol. The van der Waals surface area contributed by atoms with Gasteiger partial charge in [0.25, 0.3) is 5.56 Å². The van der Waals surface area contributed by atoms with Gasteiger partial charge < -0.3 is 25.2 Å². The van der Waals surface area contributed by atoms with Gasteiger partial charge in [0.05, 0.1) is 12.9 Å². The van der Waals surface area contributed by atoms with Crippen molar-refractivity contribution in [3.63, 3.8) is 0 Å². The highest BCUT2D eigenvalue weighted by molar-refractivity contribution is 7.53. The Bertz CT molecular complexity index is 1110. The van der Waals surface area contributed by atoms with E-state index in [0.717, 1.165) is 6.07 Å². The van der Waals surface area contributed by atoms with E-state index >= 15 is 0 Å². The molecule has 3 aromatic rings. The molecule has 6 N–H and O–H groups in total. The van der Waals surface area contributed by atoms with Crippen molar-refractivity contribution in [2.24, 2.45) is 0 Å². The molecule has 0 aliphatic carbocycles. The van der Waals surface area contributed by atoms with Gasteiger partial charge in [-0.25, -0.2) is 4.98 Å². The minimum atomic E-state index is -5.91. The Morgan fingerprint density at radius 3 is 2.67 bits per heavy atom. The van der Waals surface area contributed by atoms with Crippen LogP contribution in [-0.2, 0) is 11.1 Å². The van der Waals surface area contributed by atoms with Gasteiger partial charge in [-0.05, 0) is 11.1 Å². The highest BCUT2D eigenvalue weighted by atomic mass is 31.2. The Kier molecular flexibility index (Phi) is 4.60. The number of alkyl halides is 2. The fourth-order valence-corrected chi connectivity index (χ4v) is 3.02. The molecular formula is C14H14F2N5O5P. The molecule has 27 heavy (non-hydrogen) atoms. The summed E-state index contributed by atoms with van der Waals surface area (Å²) in [5.74, 6) is -0.171. The zero-order valence-electron chi connectivity index (χ0n) is 13.5. The van der Waals surface area contributed by atoms with Crippen LogP contribution in [0.3, 0.4) is 0 Å². The van der Waals surface area contributed by atoms with Crippen LogP contribution in [0.15, 0.2) is 35.4 Å². The molecule has 0 aliphatic heterocycles. The van der Waals surface area contributed by atoms with Gasteiger partial charge in [0.15, 0.2) is 17.3 Å². The first-order valence-corrected chi connectivity index (χ1v) is 9.03. The lowest BCUT2D eigenvalue weighted by atomic mass is 10.0. The van der Waals surface area contributed by atoms with Crippen LogP contribution < -0.4 is 11.3 Å². The van der Waals surface area contributed by atoms with Crippen molar-refractivity contribution in [2.75, 3.05) is 5.73 Å². The summed E-state index contributed by atoms with van der Waals surface area (Å²) in [5.41, 5.74) is 0.0292. The number of nitrogens with one attached hydrogen (secondary N) is 1. The number of H-pyrrole nitrogens is 1. The van der Waals surface area contributed by atoms with E-state index in [1.54, 1.807) is 0 Å². The highest BCUT2D eigenvalue weighted by Crippen LogP contribution is 2.58. The summed E-state index contributed by atoms with van der Waals surface area (Å²) in [4.78, 5) is 39.6. The van der Waals surface area contributed by atoms with Crippen molar-refractivity contribution in [1.82, 2.24) is 19.5 Å². The second kappa shape index (κ2) is 6.50. The maximum absolute atomic E-state index is 13.9. The molecule has 0 aliphatic rings. The molecule has 0 bridgehead atoms. The van der Waals surface area contributed by atoms with E-state index < -0.39 is 24.9 Å². The number of aliphatic hydroxyl groups excluding tert-OH is 1. The van der Waals surface area contributed by atoms with Crippen LogP contribution in [0.1, 0.15) is 17.2 Å². The van der Waals surface area contributed by atoms with Gasteiger partial charge >= 0.3 is 13.3 Å². The van der Waals surface area contributed by atoms with Crippen LogP contribution in [0.25, 0.3) is 11.2 Å². The van der Waals surface area contributed by atoms with Crippen molar-refractivity contribution in [1.29, 1.82) is 0 Å². The van der Waals surface area contributed by atoms with E-state index in [-0.39, 0.29) is 34.8 Å². The molecule has 0 amide bonds. The minimum absolute atomic E-state index is 0.0252. The number of aromatic nitrogens is 4. The number of hydrogen-bond donors (Lipinski definition) is 5. The monoisotopic (exact) mass is 401 g/mol. The van der Waals surface area contributed by atoms with E-state index in [9.17, 15) is 23.2 Å². The molecule has 0 spiro atoms. The summed E-state index contributed by atoms with van der Waals surface area (Å²) < 4.78 is 40.2. The first-order valence-electron chi connectivity index (χ1n) is 7.42. The summed E-state index contributed by atoms with van der Waals surface area (Å²) in [6.45, 7) is -0.156. The highest BCUT2D eigenvalue weighted by Gasteiger charge is 2.55. The van der Waals surface area contributed by atoms with E-state index in [4.69, 9.17) is 15.5 Å². The number of rotatable bonds is 5. The van der Waals surface area contributed by atoms with Gasteiger partial charge in [-0.1, -0.05) is 24.3 Å². The molecule has 1 unspecified atom stereocenters. The van der Waals surface area contributed by atoms with Crippen molar-refractivity contribution in [2.45, 2.75) is 18.3 Å². The SMILES string of the molecule is Nc1nc2c(ncn2Cc2ccccc2C(O)C(F)(F)P(=O)(O)O)c(=O)[nH]1. The van der Waals surface area contributed by atoms with Crippen molar-refractivity contribution in [3.05, 3.63) is 52.1 Å². The van der Waals surface area contributed by atoms with Gasteiger partial charge in [0.1, 0.15) is 0 Å². The number of anilines is 1. The summed E-state index contributed by atoms with van der Waals surface area (Å²) in [5, 5.41) is 9.94. The number of benzene rings is 1. The standard InChI is InChI=1S/C14H14F2N5O5P/c15-14(16,27(24,25)26)10(22)8-4-2-1-3-7(8)5-21-6-18-9-11(21)19-13(17)20-12(9)23/h1-4,6,10,22H,5H2,(H2,24,25,26)(H3,17,19,20,23). The van der Waals surface area contributed by atoms with Crippen LogP contribution in [0.2, 0.25) is 0 Å². The number of hydrogen-bond acceptors (Lipinski definition) is 6. The topological polar surface area (TPSA) is 167 Å². The van der Waals surface area contributed by atoms with E-state index in [0.29, 0.717) is 0 Å². The molecule has 0 fully saturated rings. The molecular weight excluding hydrogens is 387 g/mol. The fraction of sp³-hybridized carbons (Fsp3) is 0.214. The second-order valence-corrected chi connectivity index (χ2v) is 7.41. The quantitative estimate of drug-likeness (QED) is 0.386. The zero-order chi connectivity index (χ0) is 20.0. The Hall–Kier alpha value is -2.66. The molecule has 0 saturated carbocycles. The molecule has 0 radical (unpaired) electrons. The Balaban J connectivity index is 2.06. The predicted molar refractivity (Wildman–Crippen MR) is 90.1 cm³/mol. The van der Waals surface area contributed by atoms with Crippen molar-refractivity contribution < 1.29 is 28.2 Å². The van der Waals surface area contributed by atoms with Gasteiger partial charge in [-0.2, -0.15) is 13.8 Å². The number of aliphatic hydroxyl groups is 1. The molecule has 13 heteroatoms. The number of nitrogens with zero attached hydrogens (tertiary/aromatic N) is 3. The normalized spacial score (nSPS) is 13.8. The van der Waals surface area contributed by atoms with Crippen LogP contribution in [0, 0.1) is 0 Å². The molecule has 10 nitrogen and oxygen atoms in total. The van der Waals surface area contributed by atoms with Crippen LogP contribution in [0.5, 0.6) is 0 Å². The number of nitrogen functional groups attached to an aromatic ring is 1. The first-order chi connectivity index (χ1) is 12.5. The van der Waals surface area contributed by atoms with Crippen LogP contribution in [0.4, 0.5) is 14.7 Å². The third-order valence-corrected chi connectivity index (χ3v) is 4.92. The summed E-state index contributed by atoms with van der Waals surface area (Å²) in [6.07, 6.45) is -1.51. The number of imidazole rings is 1. The molecule has 0 saturated heterocycles. The van der Waals surface area contributed by atoms with E-state index in [1.165, 1.54) is 29.1 Å². The lowest BCUT2D eigenvalue weighted by molar-refractivity contribution is -0.0610. The van der Waals surface area contributed by atoms with Gasteiger partial charge in [0, 0.05) is 0 Å². The molecule has 144 valence electrons. The average Bonchev–Trinajstić information content (AvgIpc) is 2.97. The summed E-state index contributed by atoms with van der Waals surface area (Å²) >= 11 is 0. The molecule has 1 atom stereocenters. The van der Waals surface area contributed by atoms with Gasteiger partial charge in [0.2, 0.25) is 5.95 Å². The maximum Gasteiger partial charge on any atom is 0.397 e. The Morgan fingerprint density at radius 2 is 2.00 bits per heavy atom. The maximum atomic E-state index is 13.9. The Morgan fingerprint density at radius 1 is 1.33 bits per heavy atom. The molecule has 2 aromatic heterocycles. The van der Waals surface area contributed by atoms with Crippen molar-refractivity contribution >= 4 is 24.7 Å². The number of nitrogens with two attached hydrogens (primary N) is 1. The third kappa shape index (κ3) is 3.35. The number of aromatic amines is 1. The molecule has 3 rings (SSSR count). The van der Waals surface area contributed by atoms with Crippen molar-refractivity contribution in [3.8, 4) is 0 Å². The lowest BCUT2D eigenvalue weighted by Gasteiger charge is -2.25. The van der Waals surface area contributed by atoms with Gasteiger partial charge in [-0.3, -0.25) is 14.3 Å². The number of halogens is 2. The third-order valence-electron chi connectivity index (χ3n) is 3.90. The summed E-state index contributed by atoms with van der Waals surface area (Å²) in [6, 6.07) is 5.34. The van der Waals surface area contributed by atoms with E-state index in [2.05, 4.69) is 15.0 Å². The fourth-order valence-electron chi connectivity index (χ4n) is 2.56. The first kappa shape index (κ1) is 19.1. The molecule has 2 heterocycles. The Labute approximate surface area is 149 Å². The smallest absolute Gasteiger partial charge is 0.381 e. The van der Waals surface area contributed by atoms with Crippen LogP contribution >= 0.6 is 7.60 Å². The summed E-state index contributed by atoms with van der Waals surface area (Å²) in [7, 11) is -5.91. The lowest BCUT2D eigenvalue weighted by Crippen LogP contribution is -2.27. The second-order valence-electron chi connectivity index (χ2n) is 5.73. The minimum Gasteiger partial charge on any atom is -0.381 e.